The number of aliphatic hydroxyl groups excluding tert-OH is 3. The summed E-state index contributed by atoms with van der Waals surface area (Å²) in [6.45, 7) is 16.5. The lowest BCUT2D eigenvalue weighted by atomic mass is 9.96. The van der Waals surface area contributed by atoms with Gasteiger partial charge in [0.2, 0.25) is 11.8 Å². The Hall–Kier alpha value is -4.36. The standard InChI is InChI=1S/2C19H29N3O4.C6H12O2.C4H8O/c1-19(2,3)22(15-9-10-20-17(15)24)12-16(23)14(21-18(25)26)11-13-7-5-4-6-8-13;1-13(2)11-22(16-8-9-20-18(16)24)12-17(23)15(21-19(25)26)10-14-6-4-3-5-7-14;7-3-1-6-2-4-8-5-6;1-2-4-5-3-1/h4-8,14-16,21,23H,9-12H2,1-3H3,(H,20,24)(H,25,26);3-7,13,15-17,21,23H,8-12H2,1-2H3,(H,20,24)(H,25,26);6-7H,1-5H2;1-4H2/t14-,15-,16+;15-,16-,17+;;/m00../s1. The van der Waals surface area contributed by atoms with Crippen molar-refractivity contribution in [2.24, 2.45) is 11.8 Å². The molecule has 7 atom stereocenters. The normalized spacial score (nSPS) is 21.1. The summed E-state index contributed by atoms with van der Waals surface area (Å²) >= 11 is 0. The van der Waals surface area contributed by atoms with Gasteiger partial charge in [0.05, 0.1) is 36.4 Å². The molecule has 4 amide bonds. The van der Waals surface area contributed by atoms with Crippen molar-refractivity contribution in [2.75, 3.05) is 65.8 Å². The maximum atomic E-state index is 12.1. The number of aliphatic hydroxyl groups is 3. The number of ether oxygens (including phenoxy) is 2. The van der Waals surface area contributed by atoms with Gasteiger partial charge in [0.15, 0.2) is 0 Å². The van der Waals surface area contributed by atoms with Crippen LogP contribution in [0, 0.1) is 11.8 Å². The zero-order chi connectivity index (χ0) is 47.8. The van der Waals surface area contributed by atoms with Crippen LogP contribution >= 0.6 is 0 Å². The van der Waals surface area contributed by atoms with E-state index in [4.69, 9.17) is 24.8 Å². The monoisotopic (exact) mass is 915 g/mol. The molecule has 4 aliphatic heterocycles. The molecule has 17 heteroatoms. The summed E-state index contributed by atoms with van der Waals surface area (Å²) in [4.78, 5) is 50.5. The molecule has 4 fully saturated rings. The highest BCUT2D eigenvalue weighted by molar-refractivity contribution is 5.84. The molecule has 4 aliphatic rings. The fourth-order valence-electron chi connectivity index (χ4n) is 8.29. The third kappa shape index (κ3) is 21.2. The number of nitrogens with zero attached hydrogens (tertiary/aromatic N) is 2. The largest absolute Gasteiger partial charge is 0.465 e. The first kappa shape index (κ1) is 55.0. The van der Waals surface area contributed by atoms with Crippen LogP contribution in [-0.2, 0) is 31.9 Å². The lowest BCUT2D eigenvalue weighted by molar-refractivity contribution is -0.126. The van der Waals surface area contributed by atoms with Crippen LogP contribution in [0.15, 0.2) is 60.7 Å². The van der Waals surface area contributed by atoms with Gasteiger partial charge in [-0.05, 0) is 95.1 Å². The van der Waals surface area contributed by atoms with Gasteiger partial charge in [-0.3, -0.25) is 19.4 Å². The predicted molar refractivity (Wildman–Crippen MR) is 249 cm³/mol. The van der Waals surface area contributed by atoms with Gasteiger partial charge in [-0.15, -0.1) is 0 Å². The zero-order valence-electron chi connectivity index (χ0n) is 39.2. The number of carboxylic acid groups (broad SMARTS) is 2. The summed E-state index contributed by atoms with van der Waals surface area (Å²) in [5.74, 6) is 0.900. The molecule has 0 aromatic heterocycles. The molecule has 366 valence electrons. The second kappa shape index (κ2) is 29.3. The maximum absolute atomic E-state index is 12.1. The Labute approximate surface area is 385 Å². The number of carbonyl (C=O) groups excluding carboxylic acids is 2. The Morgan fingerprint density at radius 1 is 0.723 bits per heavy atom. The summed E-state index contributed by atoms with van der Waals surface area (Å²) in [5, 5.41) is 58.8. The van der Waals surface area contributed by atoms with Crippen LogP contribution in [0.1, 0.15) is 84.3 Å². The van der Waals surface area contributed by atoms with E-state index >= 15 is 0 Å². The van der Waals surface area contributed by atoms with Gasteiger partial charge >= 0.3 is 12.2 Å². The predicted octanol–water partition coefficient (Wildman–Crippen LogP) is 3.49. The number of amides is 4. The van der Waals surface area contributed by atoms with E-state index in [-0.39, 0.29) is 42.5 Å². The molecule has 17 nitrogen and oxygen atoms in total. The summed E-state index contributed by atoms with van der Waals surface area (Å²) < 4.78 is 10.0. The highest BCUT2D eigenvalue weighted by Gasteiger charge is 2.39. The number of β-amino-alcohol motifs (C(OH)–C–C–N with tert-alkyl or cyclic N) is 1. The molecule has 1 unspecified atom stereocenters. The Kier molecular flexibility index (Phi) is 24.8. The van der Waals surface area contributed by atoms with Gasteiger partial charge in [0, 0.05) is 71.3 Å². The van der Waals surface area contributed by atoms with E-state index in [1.54, 1.807) is 0 Å². The van der Waals surface area contributed by atoms with E-state index in [0.29, 0.717) is 63.8 Å². The molecule has 65 heavy (non-hydrogen) atoms. The van der Waals surface area contributed by atoms with Crippen LogP contribution in [-0.4, -0.2) is 167 Å². The minimum atomic E-state index is -1.18. The van der Waals surface area contributed by atoms with Gasteiger partial charge in [0.25, 0.3) is 0 Å². The molecule has 2 aromatic carbocycles. The fourth-order valence-corrected chi connectivity index (χ4v) is 8.29. The Balaban J connectivity index is 0.000000269. The summed E-state index contributed by atoms with van der Waals surface area (Å²) in [6.07, 6.45) is 2.55. The van der Waals surface area contributed by atoms with Crippen LogP contribution in [0.3, 0.4) is 0 Å². The first-order chi connectivity index (χ1) is 31.0. The van der Waals surface area contributed by atoms with Crippen molar-refractivity contribution in [3.05, 3.63) is 71.8 Å². The highest BCUT2D eigenvalue weighted by Crippen LogP contribution is 2.23. The smallest absolute Gasteiger partial charge is 0.404 e. The van der Waals surface area contributed by atoms with Crippen LogP contribution in [0.25, 0.3) is 0 Å². The van der Waals surface area contributed by atoms with E-state index < -0.39 is 36.5 Å². The molecule has 9 N–H and O–H groups in total. The van der Waals surface area contributed by atoms with Gasteiger partial charge < -0.3 is 56.3 Å². The number of rotatable bonds is 18. The van der Waals surface area contributed by atoms with Crippen LogP contribution in [0.4, 0.5) is 9.59 Å². The average molecular weight is 915 g/mol. The molecular weight excluding hydrogens is 837 g/mol. The number of hydrogen-bond acceptors (Lipinski definition) is 11. The number of hydrogen-bond donors (Lipinski definition) is 9. The topological polar surface area (TPSA) is 242 Å². The Morgan fingerprint density at radius 2 is 1.22 bits per heavy atom. The zero-order valence-corrected chi connectivity index (χ0v) is 39.2. The molecule has 0 aliphatic carbocycles. The van der Waals surface area contributed by atoms with Crippen molar-refractivity contribution in [2.45, 2.75) is 128 Å². The lowest BCUT2D eigenvalue weighted by Crippen LogP contribution is -2.57. The minimum absolute atomic E-state index is 0.0244. The molecule has 4 heterocycles. The molecule has 0 spiro atoms. The molecule has 6 rings (SSSR count). The Bertz CT molecular complexity index is 1650. The summed E-state index contributed by atoms with van der Waals surface area (Å²) in [7, 11) is 0. The number of benzene rings is 2. The van der Waals surface area contributed by atoms with Crippen molar-refractivity contribution in [1.82, 2.24) is 31.1 Å². The quantitative estimate of drug-likeness (QED) is 0.104. The van der Waals surface area contributed by atoms with E-state index in [9.17, 15) is 29.4 Å². The lowest BCUT2D eigenvalue weighted by Gasteiger charge is -2.41. The number of carbonyl (C=O) groups is 4. The second-order valence-corrected chi connectivity index (χ2v) is 18.5. The van der Waals surface area contributed by atoms with Crippen molar-refractivity contribution < 1.29 is 54.2 Å². The second-order valence-electron chi connectivity index (χ2n) is 18.5. The first-order valence-electron chi connectivity index (χ1n) is 23.2. The molecular formula is C48H78N6O11. The van der Waals surface area contributed by atoms with E-state index in [1.807, 2.05) is 91.2 Å². The van der Waals surface area contributed by atoms with Crippen molar-refractivity contribution >= 4 is 24.0 Å². The van der Waals surface area contributed by atoms with Crippen LogP contribution < -0.4 is 21.3 Å². The first-order valence-corrected chi connectivity index (χ1v) is 23.2. The molecule has 2 aromatic rings. The highest BCUT2D eigenvalue weighted by atomic mass is 16.5. The van der Waals surface area contributed by atoms with Crippen molar-refractivity contribution in [1.29, 1.82) is 0 Å². The van der Waals surface area contributed by atoms with Gasteiger partial charge in [-0.1, -0.05) is 74.5 Å². The Morgan fingerprint density at radius 3 is 1.58 bits per heavy atom. The van der Waals surface area contributed by atoms with E-state index in [2.05, 4.69) is 35.1 Å². The third-order valence-corrected chi connectivity index (χ3v) is 11.7. The fraction of sp³-hybridized carbons (Fsp3) is 0.667. The van der Waals surface area contributed by atoms with Crippen molar-refractivity contribution in [3.8, 4) is 0 Å². The van der Waals surface area contributed by atoms with Gasteiger partial charge in [-0.2, -0.15) is 0 Å². The summed E-state index contributed by atoms with van der Waals surface area (Å²) in [5.41, 5.74) is 1.54. The minimum Gasteiger partial charge on any atom is -0.465 e. The summed E-state index contributed by atoms with van der Waals surface area (Å²) in [6, 6.07) is 17.0. The maximum Gasteiger partial charge on any atom is 0.404 e. The van der Waals surface area contributed by atoms with Crippen molar-refractivity contribution in [3.63, 3.8) is 0 Å². The van der Waals surface area contributed by atoms with Gasteiger partial charge in [0.1, 0.15) is 0 Å². The van der Waals surface area contributed by atoms with E-state index in [1.165, 1.54) is 12.8 Å². The average Bonchev–Trinajstić information content (AvgIpc) is 4.11. The molecule has 0 saturated carbocycles. The SMILES string of the molecule is C1CCOC1.CC(C)(C)N(C[C@@H](O)[C@H](Cc1ccccc1)NC(=O)O)[C@H]1CCNC1=O.CC(C)CN(C[C@@H](O)[C@H](Cc1ccccc1)NC(=O)O)[C@H]1CCNC1=O.OCCC1CCOC1. The van der Waals surface area contributed by atoms with E-state index in [0.717, 1.165) is 50.4 Å². The number of nitrogens with one attached hydrogen (secondary N) is 4. The van der Waals surface area contributed by atoms with Gasteiger partial charge in [-0.25, -0.2) is 9.59 Å². The molecule has 0 radical (unpaired) electrons. The molecule has 0 bridgehead atoms. The molecule has 4 saturated heterocycles. The van der Waals surface area contributed by atoms with Crippen LogP contribution in [0.2, 0.25) is 0 Å². The third-order valence-electron chi connectivity index (χ3n) is 11.7. The van der Waals surface area contributed by atoms with Crippen LogP contribution in [0.5, 0.6) is 0 Å².